The third kappa shape index (κ3) is 6.42. The van der Waals surface area contributed by atoms with Crippen LogP contribution < -0.4 is 5.32 Å². The average molecular weight is 339 g/mol. The van der Waals surface area contributed by atoms with Crippen LogP contribution in [0.25, 0.3) is 0 Å². The summed E-state index contributed by atoms with van der Waals surface area (Å²) in [5.74, 6) is -0.636. The van der Waals surface area contributed by atoms with E-state index in [-0.39, 0.29) is 30.9 Å². The summed E-state index contributed by atoms with van der Waals surface area (Å²) in [5, 5.41) is 2.92. The standard InChI is InChI=1S/C21H25NO3/c1-3-19(18-12-9-16(2)10-13-18)22-20(23)15-25-21(24)14-11-17-7-5-4-6-8-17/h4-10,12-13,19H,3,11,14-15H2,1-2H3,(H,22,23)/t19-/m1/s1. The number of hydrogen-bond acceptors (Lipinski definition) is 3. The summed E-state index contributed by atoms with van der Waals surface area (Å²) in [4.78, 5) is 23.8. The molecule has 132 valence electrons. The molecule has 0 aromatic heterocycles. The number of nitrogens with one attached hydrogen (secondary N) is 1. The second-order valence-corrected chi connectivity index (χ2v) is 6.09. The predicted octanol–water partition coefficient (Wildman–Crippen LogP) is 3.74. The lowest BCUT2D eigenvalue weighted by Gasteiger charge is -2.17. The average Bonchev–Trinajstić information content (AvgIpc) is 2.64. The van der Waals surface area contributed by atoms with Crippen LogP contribution in [0.4, 0.5) is 0 Å². The first-order valence-corrected chi connectivity index (χ1v) is 8.64. The fraction of sp³-hybridized carbons (Fsp3) is 0.333. The highest BCUT2D eigenvalue weighted by Gasteiger charge is 2.14. The van der Waals surface area contributed by atoms with E-state index >= 15 is 0 Å². The van der Waals surface area contributed by atoms with Crippen LogP contribution >= 0.6 is 0 Å². The van der Waals surface area contributed by atoms with Crippen molar-refractivity contribution in [2.45, 2.75) is 39.2 Å². The maximum absolute atomic E-state index is 12.0. The van der Waals surface area contributed by atoms with Gasteiger partial charge in [0.2, 0.25) is 0 Å². The van der Waals surface area contributed by atoms with Crippen molar-refractivity contribution < 1.29 is 14.3 Å². The smallest absolute Gasteiger partial charge is 0.306 e. The van der Waals surface area contributed by atoms with Crippen molar-refractivity contribution in [3.8, 4) is 0 Å². The molecule has 1 N–H and O–H groups in total. The fourth-order valence-corrected chi connectivity index (χ4v) is 2.57. The molecule has 0 fully saturated rings. The number of esters is 1. The molecule has 2 aromatic rings. The molecule has 0 unspecified atom stereocenters. The van der Waals surface area contributed by atoms with Gasteiger partial charge >= 0.3 is 5.97 Å². The van der Waals surface area contributed by atoms with Gasteiger partial charge in [-0.15, -0.1) is 0 Å². The molecule has 0 heterocycles. The largest absolute Gasteiger partial charge is 0.456 e. The zero-order chi connectivity index (χ0) is 18.1. The highest BCUT2D eigenvalue weighted by atomic mass is 16.5. The SMILES string of the molecule is CC[C@@H](NC(=O)COC(=O)CCc1ccccc1)c1ccc(C)cc1. The molecule has 1 amide bonds. The summed E-state index contributed by atoms with van der Waals surface area (Å²) in [6, 6.07) is 17.7. The lowest BCUT2D eigenvalue weighted by molar-refractivity contribution is -0.148. The molecule has 4 heteroatoms. The van der Waals surface area contributed by atoms with E-state index in [1.165, 1.54) is 5.56 Å². The number of ether oxygens (including phenoxy) is 1. The number of carbonyl (C=O) groups excluding carboxylic acids is 2. The Hall–Kier alpha value is -2.62. The molecule has 25 heavy (non-hydrogen) atoms. The molecule has 0 bridgehead atoms. The fourth-order valence-electron chi connectivity index (χ4n) is 2.57. The van der Waals surface area contributed by atoms with Gasteiger partial charge in [-0.05, 0) is 30.9 Å². The van der Waals surface area contributed by atoms with E-state index in [9.17, 15) is 9.59 Å². The number of amides is 1. The van der Waals surface area contributed by atoms with Gasteiger partial charge in [-0.25, -0.2) is 0 Å². The van der Waals surface area contributed by atoms with Crippen molar-refractivity contribution in [2.75, 3.05) is 6.61 Å². The van der Waals surface area contributed by atoms with Crippen molar-refractivity contribution in [1.82, 2.24) is 5.32 Å². The zero-order valence-corrected chi connectivity index (χ0v) is 14.8. The summed E-state index contributed by atoms with van der Waals surface area (Å²) < 4.78 is 5.07. The van der Waals surface area contributed by atoms with E-state index < -0.39 is 0 Å². The lowest BCUT2D eigenvalue weighted by Crippen LogP contribution is -2.32. The van der Waals surface area contributed by atoms with Crippen LogP contribution in [0.2, 0.25) is 0 Å². The lowest BCUT2D eigenvalue weighted by atomic mass is 10.0. The summed E-state index contributed by atoms with van der Waals surface area (Å²) in [7, 11) is 0. The molecule has 0 aliphatic heterocycles. The highest BCUT2D eigenvalue weighted by molar-refractivity contribution is 5.80. The van der Waals surface area contributed by atoms with Crippen LogP contribution in [-0.4, -0.2) is 18.5 Å². The molecular weight excluding hydrogens is 314 g/mol. The van der Waals surface area contributed by atoms with Crippen molar-refractivity contribution in [1.29, 1.82) is 0 Å². The Kier molecular flexibility index (Phi) is 7.20. The minimum atomic E-state index is -0.359. The van der Waals surface area contributed by atoms with Crippen molar-refractivity contribution >= 4 is 11.9 Å². The summed E-state index contributed by atoms with van der Waals surface area (Å²) in [5.41, 5.74) is 3.31. The number of benzene rings is 2. The van der Waals surface area contributed by atoms with E-state index in [2.05, 4.69) is 5.32 Å². The van der Waals surface area contributed by atoms with Gasteiger partial charge < -0.3 is 10.1 Å². The number of rotatable bonds is 8. The Morgan fingerprint density at radius 2 is 1.72 bits per heavy atom. The van der Waals surface area contributed by atoms with Crippen molar-refractivity contribution in [3.63, 3.8) is 0 Å². The van der Waals surface area contributed by atoms with Crippen LogP contribution in [0.1, 0.15) is 42.5 Å². The van der Waals surface area contributed by atoms with Gasteiger partial charge in [-0.2, -0.15) is 0 Å². The Labute approximate surface area is 149 Å². The van der Waals surface area contributed by atoms with Crippen LogP contribution in [0.15, 0.2) is 54.6 Å². The molecular formula is C21H25NO3. The van der Waals surface area contributed by atoms with Crippen LogP contribution in [0.3, 0.4) is 0 Å². The van der Waals surface area contributed by atoms with Crippen LogP contribution in [0, 0.1) is 6.92 Å². The van der Waals surface area contributed by atoms with Gasteiger partial charge in [0.15, 0.2) is 6.61 Å². The second kappa shape index (κ2) is 9.62. The molecule has 1 atom stereocenters. The molecule has 4 nitrogen and oxygen atoms in total. The Morgan fingerprint density at radius 3 is 2.36 bits per heavy atom. The van der Waals surface area contributed by atoms with Crippen LogP contribution in [-0.2, 0) is 20.7 Å². The molecule has 0 saturated heterocycles. The molecule has 0 radical (unpaired) electrons. The summed E-state index contributed by atoms with van der Waals surface area (Å²) in [6.45, 7) is 3.80. The maximum atomic E-state index is 12.0. The molecule has 0 spiro atoms. The van der Waals surface area contributed by atoms with Crippen LogP contribution in [0.5, 0.6) is 0 Å². The van der Waals surface area contributed by atoms with Gasteiger partial charge in [0.05, 0.1) is 6.04 Å². The highest BCUT2D eigenvalue weighted by Crippen LogP contribution is 2.17. The van der Waals surface area contributed by atoms with E-state index in [1.807, 2.05) is 68.4 Å². The molecule has 2 aromatic carbocycles. The first-order chi connectivity index (χ1) is 12.1. The zero-order valence-electron chi connectivity index (χ0n) is 14.8. The van der Waals surface area contributed by atoms with E-state index in [4.69, 9.17) is 4.74 Å². The topological polar surface area (TPSA) is 55.4 Å². The second-order valence-electron chi connectivity index (χ2n) is 6.09. The first-order valence-electron chi connectivity index (χ1n) is 8.64. The predicted molar refractivity (Wildman–Crippen MR) is 98.1 cm³/mol. The molecule has 2 rings (SSSR count). The monoisotopic (exact) mass is 339 g/mol. The minimum Gasteiger partial charge on any atom is -0.456 e. The third-order valence-corrected chi connectivity index (χ3v) is 4.05. The quantitative estimate of drug-likeness (QED) is 0.746. The van der Waals surface area contributed by atoms with E-state index in [0.717, 1.165) is 17.5 Å². The van der Waals surface area contributed by atoms with Gasteiger partial charge in [0.1, 0.15) is 0 Å². The number of carbonyl (C=O) groups is 2. The van der Waals surface area contributed by atoms with Crippen molar-refractivity contribution in [3.05, 3.63) is 71.3 Å². The summed E-state index contributed by atoms with van der Waals surface area (Å²) >= 11 is 0. The number of hydrogen-bond donors (Lipinski definition) is 1. The number of aryl methyl sites for hydroxylation is 2. The normalized spacial score (nSPS) is 11.6. The minimum absolute atomic E-state index is 0.0730. The third-order valence-electron chi connectivity index (χ3n) is 4.05. The first kappa shape index (κ1) is 18.7. The Balaban J connectivity index is 1.75. The Morgan fingerprint density at radius 1 is 1.04 bits per heavy atom. The molecule has 0 aliphatic carbocycles. The van der Waals surface area contributed by atoms with Gasteiger partial charge in [-0.3, -0.25) is 9.59 Å². The Bertz CT molecular complexity index is 680. The summed E-state index contributed by atoms with van der Waals surface area (Å²) in [6.07, 6.45) is 1.66. The maximum Gasteiger partial charge on any atom is 0.306 e. The van der Waals surface area contributed by atoms with Gasteiger partial charge in [0.25, 0.3) is 5.91 Å². The molecule has 0 saturated carbocycles. The van der Waals surface area contributed by atoms with Gasteiger partial charge in [0, 0.05) is 6.42 Å². The van der Waals surface area contributed by atoms with Crippen molar-refractivity contribution in [2.24, 2.45) is 0 Å². The van der Waals surface area contributed by atoms with E-state index in [1.54, 1.807) is 0 Å². The van der Waals surface area contributed by atoms with E-state index in [0.29, 0.717) is 6.42 Å². The molecule has 0 aliphatic rings. The van der Waals surface area contributed by atoms with Gasteiger partial charge in [-0.1, -0.05) is 67.1 Å².